The summed E-state index contributed by atoms with van der Waals surface area (Å²) in [6.07, 6.45) is 0. The van der Waals surface area contributed by atoms with Crippen molar-refractivity contribution >= 4 is 0 Å². The summed E-state index contributed by atoms with van der Waals surface area (Å²) in [6.45, 7) is -0.131. The van der Waals surface area contributed by atoms with Crippen LogP contribution in [-0.4, -0.2) is 41.6 Å². The van der Waals surface area contributed by atoms with Crippen LogP contribution in [0.5, 0.6) is 0 Å². The van der Waals surface area contributed by atoms with E-state index in [1.807, 2.05) is 0 Å². The summed E-state index contributed by atoms with van der Waals surface area (Å²) in [6, 6.07) is 0. The number of hydrogen-bond donors (Lipinski definition) is 2. The van der Waals surface area contributed by atoms with E-state index in [0.29, 0.717) is 5.06 Å². The monoisotopic (exact) mass is 120 g/mol. The van der Waals surface area contributed by atoms with E-state index in [-0.39, 0.29) is 26.3 Å². The molecule has 0 aromatic rings. The van der Waals surface area contributed by atoms with E-state index in [1.54, 1.807) is 0 Å². The smallest absolute Gasteiger partial charge is 0.0549 e. The Morgan fingerprint density at radius 3 is 1.75 bits per heavy atom. The summed E-state index contributed by atoms with van der Waals surface area (Å²) in [7, 11) is 0. The van der Waals surface area contributed by atoms with E-state index in [4.69, 9.17) is 10.2 Å². The molecule has 8 heavy (non-hydrogen) atoms. The summed E-state index contributed by atoms with van der Waals surface area (Å²) in [5.41, 5.74) is 0. The van der Waals surface area contributed by atoms with E-state index >= 15 is 0 Å². The Balaban J connectivity index is 2.92. The minimum Gasteiger partial charge on any atom is -0.785 e. The van der Waals surface area contributed by atoms with Crippen molar-refractivity contribution in [2.45, 2.75) is 0 Å². The van der Waals surface area contributed by atoms with Gasteiger partial charge in [0, 0.05) is 13.1 Å². The van der Waals surface area contributed by atoms with Crippen molar-refractivity contribution in [2.24, 2.45) is 0 Å². The van der Waals surface area contributed by atoms with Crippen molar-refractivity contribution in [1.82, 2.24) is 5.06 Å². The fourth-order valence-electron chi connectivity index (χ4n) is 0.335. The van der Waals surface area contributed by atoms with Gasteiger partial charge in [-0.2, -0.15) is 0 Å². The molecule has 0 saturated carbocycles. The number of aliphatic hydroxyl groups excluding tert-OH is 2. The highest BCUT2D eigenvalue weighted by Gasteiger charge is 1.85. The zero-order chi connectivity index (χ0) is 6.41. The summed E-state index contributed by atoms with van der Waals surface area (Å²) >= 11 is 0. The zero-order valence-electron chi connectivity index (χ0n) is 4.58. The fraction of sp³-hybridized carbons (Fsp3) is 1.00. The van der Waals surface area contributed by atoms with Gasteiger partial charge in [-0.15, -0.1) is 0 Å². The van der Waals surface area contributed by atoms with E-state index in [9.17, 15) is 5.21 Å². The van der Waals surface area contributed by atoms with Crippen LogP contribution in [0.4, 0.5) is 0 Å². The van der Waals surface area contributed by atoms with Crippen LogP contribution in [0.1, 0.15) is 0 Å². The van der Waals surface area contributed by atoms with Gasteiger partial charge < -0.3 is 20.5 Å². The third kappa shape index (κ3) is 4.01. The third-order valence-corrected chi connectivity index (χ3v) is 0.699. The Morgan fingerprint density at radius 1 is 1.12 bits per heavy atom. The van der Waals surface area contributed by atoms with Gasteiger partial charge in [0.2, 0.25) is 0 Å². The predicted octanol–water partition coefficient (Wildman–Crippen LogP) is -1.23. The molecule has 0 amide bonds. The molecule has 0 bridgehead atoms. The quantitative estimate of drug-likeness (QED) is 0.456. The third-order valence-electron chi connectivity index (χ3n) is 0.699. The van der Waals surface area contributed by atoms with Crippen molar-refractivity contribution in [3.8, 4) is 0 Å². The fourth-order valence-corrected chi connectivity index (χ4v) is 0.335. The maximum atomic E-state index is 10.2. The van der Waals surface area contributed by atoms with Gasteiger partial charge in [-0.3, -0.25) is 0 Å². The first-order valence-corrected chi connectivity index (χ1v) is 2.45. The Kier molecular flexibility index (Phi) is 4.89. The molecule has 0 atom stereocenters. The first-order valence-electron chi connectivity index (χ1n) is 2.45. The molecule has 0 rings (SSSR count). The van der Waals surface area contributed by atoms with Gasteiger partial charge in [0.1, 0.15) is 0 Å². The lowest BCUT2D eigenvalue weighted by Crippen LogP contribution is -2.23. The normalized spacial score (nSPS) is 10.5. The maximum absolute atomic E-state index is 10.2. The van der Waals surface area contributed by atoms with Crippen molar-refractivity contribution < 1.29 is 10.2 Å². The molecule has 4 nitrogen and oxygen atoms in total. The molecular weight excluding hydrogens is 110 g/mol. The topological polar surface area (TPSA) is 66.8 Å². The second-order valence-electron chi connectivity index (χ2n) is 1.38. The molecule has 2 N–H and O–H groups in total. The molecule has 50 valence electrons. The summed E-state index contributed by atoms with van der Waals surface area (Å²) in [5, 5.41) is 27.1. The highest BCUT2D eigenvalue weighted by molar-refractivity contribution is 4.53. The summed E-state index contributed by atoms with van der Waals surface area (Å²) in [5.74, 6) is 0. The van der Waals surface area contributed by atoms with E-state index in [1.165, 1.54) is 0 Å². The predicted molar refractivity (Wildman–Crippen MR) is 29.1 cm³/mol. The van der Waals surface area contributed by atoms with Crippen LogP contribution in [-0.2, 0) is 0 Å². The largest absolute Gasteiger partial charge is 0.785 e. The van der Waals surface area contributed by atoms with Crippen LogP contribution in [0.3, 0.4) is 0 Å². The molecule has 0 aromatic carbocycles. The number of nitrogens with zero attached hydrogens (tertiary/aromatic N) is 1. The van der Waals surface area contributed by atoms with Gasteiger partial charge in [-0.1, -0.05) is 0 Å². The Labute approximate surface area is 47.9 Å². The highest BCUT2D eigenvalue weighted by atomic mass is 16.5. The molecule has 0 spiro atoms. The van der Waals surface area contributed by atoms with Crippen LogP contribution in [0.15, 0.2) is 0 Å². The molecule has 0 fully saturated rings. The molecule has 0 aliphatic carbocycles. The van der Waals surface area contributed by atoms with Crippen molar-refractivity contribution in [1.29, 1.82) is 0 Å². The van der Waals surface area contributed by atoms with Gasteiger partial charge >= 0.3 is 0 Å². The molecule has 0 aromatic heterocycles. The lowest BCUT2D eigenvalue weighted by molar-refractivity contribution is 0.199. The molecule has 0 radical (unpaired) electrons. The van der Waals surface area contributed by atoms with Gasteiger partial charge in [0.25, 0.3) is 0 Å². The van der Waals surface area contributed by atoms with Crippen LogP contribution in [0.2, 0.25) is 0 Å². The Hall–Kier alpha value is -0.160. The molecule has 0 aliphatic rings. The van der Waals surface area contributed by atoms with Crippen molar-refractivity contribution in [2.75, 3.05) is 26.3 Å². The van der Waals surface area contributed by atoms with Crippen LogP contribution < -0.4 is 0 Å². The van der Waals surface area contributed by atoms with E-state index < -0.39 is 0 Å². The van der Waals surface area contributed by atoms with Crippen LogP contribution >= 0.6 is 0 Å². The number of aliphatic hydroxyl groups is 2. The standard InChI is InChI=1S/C4H10NO3/c6-3-1-5(8)2-4-7/h6-7H,1-4H2/q-1. The zero-order valence-corrected chi connectivity index (χ0v) is 4.58. The number of hydroxylamine groups is 2. The minimum atomic E-state index is -0.149. The first kappa shape index (κ1) is 7.84. The molecular formula is C4H10NO3-. The van der Waals surface area contributed by atoms with Crippen LogP contribution in [0, 0.1) is 5.21 Å². The second kappa shape index (κ2) is 4.99. The van der Waals surface area contributed by atoms with Gasteiger partial charge in [0.15, 0.2) is 0 Å². The molecule has 0 aliphatic heterocycles. The number of rotatable bonds is 4. The first-order chi connectivity index (χ1) is 3.81. The van der Waals surface area contributed by atoms with Gasteiger partial charge in [-0.05, 0) is 0 Å². The van der Waals surface area contributed by atoms with Crippen molar-refractivity contribution in [3.05, 3.63) is 5.21 Å². The Morgan fingerprint density at radius 2 is 1.50 bits per heavy atom. The van der Waals surface area contributed by atoms with Gasteiger partial charge in [-0.25, -0.2) is 0 Å². The summed E-state index contributed by atoms with van der Waals surface area (Å²) in [4.78, 5) is 0. The highest BCUT2D eigenvalue weighted by Crippen LogP contribution is 1.78. The van der Waals surface area contributed by atoms with Crippen LogP contribution in [0.25, 0.3) is 0 Å². The van der Waals surface area contributed by atoms with Gasteiger partial charge in [0.05, 0.1) is 13.2 Å². The molecule has 0 unspecified atom stereocenters. The summed E-state index contributed by atoms with van der Waals surface area (Å²) < 4.78 is 0. The average Bonchev–Trinajstić information content (AvgIpc) is 1.68. The molecule has 0 heterocycles. The molecule has 0 saturated heterocycles. The average molecular weight is 120 g/mol. The Bertz CT molecular complexity index is 44.5. The lowest BCUT2D eigenvalue weighted by atomic mass is 10.6. The van der Waals surface area contributed by atoms with E-state index in [2.05, 4.69) is 0 Å². The molecule has 4 heteroatoms. The SMILES string of the molecule is [O-]N(CCO)CCO. The number of hydrogen-bond acceptors (Lipinski definition) is 4. The second-order valence-corrected chi connectivity index (χ2v) is 1.38. The van der Waals surface area contributed by atoms with E-state index in [0.717, 1.165) is 0 Å². The minimum absolute atomic E-state index is 0.0839. The maximum Gasteiger partial charge on any atom is 0.0549 e. The lowest BCUT2D eigenvalue weighted by Gasteiger charge is -2.25. The van der Waals surface area contributed by atoms with Crippen molar-refractivity contribution in [3.63, 3.8) is 0 Å².